The molecule has 0 aromatic rings. The maximum absolute atomic E-state index is 12.0. The van der Waals surface area contributed by atoms with Gasteiger partial charge in [0.05, 0.1) is 6.04 Å². The molecule has 1 amide bonds. The van der Waals surface area contributed by atoms with E-state index in [2.05, 4.69) is 10.0 Å². The molecule has 1 aliphatic heterocycles. The fourth-order valence-corrected chi connectivity index (χ4v) is 1.51. The minimum atomic E-state index is -4.86. The maximum Gasteiger partial charge on any atom is 0.471 e. The minimum absolute atomic E-state index is 0.0258. The lowest BCUT2D eigenvalue weighted by Crippen LogP contribution is -2.40. The van der Waals surface area contributed by atoms with Crippen LogP contribution in [0.15, 0.2) is 5.11 Å². The zero-order valence-corrected chi connectivity index (χ0v) is 7.90. The second-order valence-electron chi connectivity index (χ2n) is 3.46. The first-order chi connectivity index (χ1) is 6.86. The molecule has 0 aromatic carbocycles. The van der Waals surface area contributed by atoms with Crippen molar-refractivity contribution in [3.63, 3.8) is 0 Å². The van der Waals surface area contributed by atoms with Crippen LogP contribution < -0.4 is 0 Å². The number of carbonyl (C=O) groups excluding carboxylic acids is 1. The van der Waals surface area contributed by atoms with Crippen molar-refractivity contribution in [3.8, 4) is 0 Å². The Morgan fingerprint density at radius 1 is 1.53 bits per heavy atom. The molecule has 0 unspecified atom stereocenters. The van der Waals surface area contributed by atoms with Crippen LogP contribution in [0.2, 0.25) is 0 Å². The van der Waals surface area contributed by atoms with Crippen molar-refractivity contribution in [2.45, 2.75) is 19.1 Å². The lowest BCUT2D eigenvalue weighted by molar-refractivity contribution is -0.184. The molecule has 1 aliphatic rings. The van der Waals surface area contributed by atoms with Gasteiger partial charge in [-0.3, -0.25) is 4.79 Å². The van der Waals surface area contributed by atoms with Gasteiger partial charge in [0.2, 0.25) is 0 Å². The van der Waals surface area contributed by atoms with E-state index in [0.29, 0.717) is 4.90 Å². The number of azide groups is 1. The maximum atomic E-state index is 12.0. The van der Waals surface area contributed by atoms with Crippen LogP contribution in [-0.2, 0) is 4.79 Å². The number of amides is 1. The van der Waals surface area contributed by atoms with E-state index in [9.17, 15) is 18.0 Å². The molecule has 1 saturated heterocycles. The molecular formula is C7H9F3N4O. The Morgan fingerprint density at radius 3 is 2.60 bits per heavy atom. The molecular weight excluding hydrogens is 213 g/mol. The van der Waals surface area contributed by atoms with Crippen molar-refractivity contribution in [3.05, 3.63) is 10.4 Å². The van der Waals surface area contributed by atoms with E-state index < -0.39 is 18.1 Å². The molecule has 0 bridgehead atoms. The van der Waals surface area contributed by atoms with Crippen molar-refractivity contribution >= 4 is 5.91 Å². The van der Waals surface area contributed by atoms with Gasteiger partial charge in [0.1, 0.15) is 0 Å². The number of hydrogen-bond acceptors (Lipinski definition) is 2. The molecule has 0 radical (unpaired) electrons. The van der Waals surface area contributed by atoms with Crippen LogP contribution in [0.3, 0.4) is 0 Å². The minimum Gasteiger partial charge on any atom is -0.334 e. The summed E-state index contributed by atoms with van der Waals surface area (Å²) >= 11 is 0. The average molecular weight is 222 g/mol. The molecule has 0 N–H and O–H groups in total. The van der Waals surface area contributed by atoms with Gasteiger partial charge in [-0.1, -0.05) is 12.0 Å². The topological polar surface area (TPSA) is 69.1 Å². The fourth-order valence-electron chi connectivity index (χ4n) is 1.51. The molecule has 1 rings (SSSR count). The number of nitrogens with zero attached hydrogens (tertiary/aromatic N) is 4. The Balaban J connectivity index is 2.70. The Labute approximate surface area is 83.5 Å². The van der Waals surface area contributed by atoms with E-state index in [0.717, 1.165) is 0 Å². The molecule has 8 heteroatoms. The van der Waals surface area contributed by atoms with Crippen molar-refractivity contribution in [1.82, 2.24) is 4.90 Å². The summed E-state index contributed by atoms with van der Waals surface area (Å²) in [5.74, 6) is -2.11. The van der Waals surface area contributed by atoms with Gasteiger partial charge in [0.15, 0.2) is 0 Å². The van der Waals surface area contributed by atoms with Crippen LogP contribution in [0, 0.1) is 5.92 Å². The van der Waals surface area contributed by atoms with Crippen LogP contribution >= 0.6 is 0 Å². The second kappa shape index (κ2) is 3.98. The van der Waals surface area contributed by atoms with Gasteiger partial charge >= 0.3 is 12.1 Å². The van der Waals surface area contributed by atoms with Gasteiger partial charge in [-0.25, -0.2) is 0 Å². The lowest BCUT2D eigenvalue weighted by Gasteiger charge is -2.17. The predicted molar refractivity (Wildman–Crippen MR) is 44.7 cm³/mol. The van der Waals surface area contributed by atoms with Crippen LogP contribution in [0.4, 0.5) is 13.2 Å². The molecule has 0 spiro atoms. The second-order valence-corrected chi connectivity index (χ2v) is 3.46. The SMILES string of the molecule is C[C@@H]1CN(C(=O)C(F)(F)F)C[C@H]1N=[N+]=[N-]. The average Bonchev–Trinajstić information content (AvgIpc) is 2.46. The Morgan fingerprint density at radius 2 is 2.13 bits per heavy atom. The number of hydrogen-bond donors (Lipinski definition) is 0. The highest BCUT2D eigenvalue weighted by atomic mass is 19.4. The summed E-state index contributed by atoms with van der Waals surface area (Å²) in [4.78, 5) is 14.0. The molecule has 84 valence electrons. The molecule has 15 heavy (non-hydrogen) atoms. The molecule has 1 fully saturated rings. The quantitative estimate of drug-likeness (QED) is 0.378. The van der Waals surface area contributed by atoms with Gasteiger partial charge in [0, 0.05) is 18.0 Å². The molecule has 0 aliphatic carbocycles. The van der Waals surface area contributed by atoms with E-state index in [4.69, 9.17) is 5.53 Å². The normalized spacial score (nSPS) is 26.3. The van der Waals surface area contributed by atoms with Crippen molar-refractivity contribution in [1.29, 1.82) is 0 Å². The summed E-state index contributed by atoms with van der Waals surface area (Å²) in [6, 6.07) is -0.568. The number of rotatable bonds is 1. The van der Waals surface area contributed by atoms with Gasteiger partial charge in [-0.15, -0.1) is 0 Å². The van der Waals surface area contributed by atoms with Gasteiger partial charge in [-0.05, 0) is 11.4 Å². The van der Waals surface area contributed by atoms with Crippen LogP contribution in [0.5, 0.6) is 0 Å². The van der Waals surface area contributed by atoms with E-state index in [1.165, 1.54) is 0 Å². The standard InChI is InChI=1S/C7H9F3N4O/c1-4-2-14(3-5(4)12-13-11)6(15)7(8,9)10/h4-5H,2-3H2,1H3/t4-,5-/m1/s1. The summed E-state index contributed by atoms with van der Waals surface area (Å²) in [5.41, 5.74) is 8.16. The highest BCUT2D eigenvalue weighted by Gasteiger charge is 2.45. The number of alkyl halides is 3. The summed E-state index contributed by atoms with van der Waals surface area (Å²) in [5, 5.41) is 3.34. The first kappa shape index (κ1) is 11.6. The summed E-state index contributed by atoms with van der Waals surface area (Å²) < 4.78 is 36.1. The third kappa shape index (κ3) is 2.53. The summed E-state index contributed by atoms with van der Waals surface area (Å²) in [6.45, 7) is 1.45. The Kier molecular flexibility index (Phi) is 3.09. The molecule has 1 heterocycles. The Hall–Kier alpha value is -1.43. The predicted octanol–water partition coefficient (Wildman–Crippen LogP) is 1.71. The van der Waals surface area contributed by atoms with Gasteiger partial charge < -0.3 is 4.90 Å². The molecule has 0 saturated carbocycles. The van der Waals surface area contributed by atoms with Crippen LogP contribution in [0.1, 0.15) is 6.92 Å². The molecule has 0 aromatic heterocycles. The first-order valence-electron chi connectivity index (χ1n) is 4.26. The van der Waals surface area contributed by atoms with Crippen molar-refractivity contribution < 1.29 is 18.0 Å². The van der Waals surface area contributed by atoms with Crippen LogP contribution in [-0.4, -0.2) is 36.1 Å². The largest absolute Gasteiger partial charge is 0.471 e. The number of halogens is 3. The number of carbonyl (C=O) groups is 1. The first-order valence-corrected chi connectivity index (χ1v) is 4.26. The van der Waals surface area contributed by atoms with Gasteiger partial charge in [0.25, 0.3) is 0 Å². The smallest absolute Gasteiger partial charge is 0.334 e. The third-order valence-corrected chi connectivity index (χ3v) is 2.30. The third-order valence-electron chi connectivity index (χ3n) is 2.30. The van der Waals surface area contributed by atoms with Crippen LogP contribution in [0.25, 0.3) is 10.4 Å². The zero-order valence-electron chi connectivity index (χ0n) is 7.90. The highest BCUT2D eigenvalue weighted by molar-refractivity contribution is 5.82. The highest BCUT2D eigenvalue weighted by Crippen LogP contribution is 2.25. The Bertz CT molecular complexity index is 310. The van der Waals surface area contributed by atoms with E-state index in [-0.39, 0.29) is 19.0 Å². The fraction of sp³-hybridized carbons (Fsp3) is 0.857. The van der Waals surface area contributed by atoms with Gasteiger partial charge in [-0.2, -0.15) is 13.2 Å². The van der Waals surface area contributed by atoms with E-state index in [1.54, 1.807) is 6.92 Å². The summed E-state index contributed by atoms with van der Waals surface area (Å²) in [6.07, 6.45) is -4.86. The van der Waals surface area contributed by atoms with E-state index in [1.807, 2.05) is 0 Å². The monoisotopic (exact) mass is 222 g/mol. The zero-order chi connectivity index (χ0) is 11.6. The molecule has 5 nitrogen and oxygen atoms in total. The number of likely N-dealkylation sites (tertiary alicyclic amines) is 1. The van der Waals surface area contributed by atoms with Crippen molar-refractivity contribution in [2.24, 2.45) is 11.0 Å². The lowest BCUT2D eigenvalue weighted by atomic mass is 10.1. The molecule has 2 atom stereocenters. The van der Waals surface area contributed by atoms with E-state index >= 15 is 0 Å². The summed E-state index contributed by atoms with van der Waals surface area (Å²) in [7, 11) is 0. The van der Waals surface area contributed by atoms with Crippen molar-refractivity contribution in [2.75, 3.05) is 13.1 Å².